The second-order valence-corrected chi connectivity index (χ2v) is 4.53. The molecule has 19 heavy (non-hydrogen) atoms. The number of aryl methyl sites for hydroxylation is 2. The molecule has 0 aromatic carbocycles. The fraction of sp³-hybridized carbons (Fsp3) is 0.267. The molecule has 0 atom stereocenters. The van der Waals surface area contributed by atoms with Gasteiger partial charge in [-0.2, -0.15) is 0 Å². The number of nitrogens with one attached hydrogen (secondary N) is 1. The molecule has 0 aliphatic rings. The number of nitrogens with two attached hydrogens (primary N) is 1. The van der Waals surface area contributed by atoms with Crippen LogP contribution in [-0.4, -0.2) is 13.3 Å². The summed E-state index contributed by atoms with van der Waals surface area (Å²) in [6.45, 7) is 2.01. The van der Waals surface area contributed by atoms with Crippen LogP contribution in [0.15, 0.2) is 49.1 Å². The fourth-order valence-electron chi connectivity index (χ4n) is 1.96. The Labute approximate surface area is 113 Å². The van der Waals surface area contributed by atoms with Crippen molar-refractivity contribution in [2.75, 3.05) is 7.05 Å². The Balaban J connectivity index is 1.83. The first-order valence-corrected chi connectivity index (χ1v) is 6.60. The highest BCUT2D eigenvalue weighted by Gasteiger charge is 2.05. The molecule has 0 saturated heterocycles. The van der Waals surface area contributed by atoms with E-state index in [0.29, 0.717) is 0 Å². The predicted molar refractivity (Wildman–Crippen MR) is 73.3 cm³/mol. The molecule has 0 unspecified atom stereocenters. The zero-order valence-corrected chi connectivity index (χ0v) is 11.3. The van der Waals surface area contributed by atoms with Gasteiger partial charge in [0.15, 0.2) is 37.9 Å². The van der Waals surface area contributed by atoms with Crippen molar-refractivity contribution in [3.05, 3.63) is 54.6 Å². The van der Waals surface area contributed by atoms with Gasteiger partial charge in [0.25, 0.3) is 0 Å². The van der Waals surface area contributed by atoms with Gasteiger partial charge in [-0.1, -0.05) is 0 Å². The molecule has 3 N–H and O–H groups in total. The maximum atomic E-state index is 7.16. The third-order valence-corrected chi connectivity index (χ3v) is 3.17. The average molecular weight is 257 g/mol. The summed E-state index contributed by atoms with van der Waals surface area (Å²) in [4.78, 5) is 0. The monoisotopic (exact) mass is 257 g/mol. The van der Waals surface area contributed by atoms with Gasteiger partial charge in [-0.3, -0.25) is 0 Å². The highest BCUT2D eigenvalue weighted by molar-refractivity contribution is 5.76. The van der Waals surface area contributed by atoms with E-state index >= 15 is 0 Å². The van der Waals surface area contributed by atoms with E-state index in [4.69, 9.17) is 5.41 Å². The van der Waals surface area contributed by atoms with Gasteiger partial charge in [-0.05, 0) is 0 Å². The first-order chi connectivity index (χ1) is 9.31. The predicted octanol–water partition coefficient (Wildman–Crippen LogP) is 0.174. The highest BCUT2D eigenvalue weighted by Crippen LogP contribution is 1.93. The third-order valence-electron chi connectivity index (χ3n) is 3.17. The molecule has 0 aliphatic heterocycles. The van der Waals surface area contributed by atoms with Crippen molar-refractivity contribution in [2.45, 2.75) is 19.5 Å². The Kier molecular flexibility index (Phi) is 4.75. The van der Waals surface area contributed by atoms with Crippen LogP contribution in [0.2, 0.25) is 0 Å². The van der Waals surface area contributed by atoms with Gasteiger partial charge in [-0.25, -0.2) is 9.13 Å². The number of quaternary nitrogens is 1. The summed E-state index contributed by atoms with van der Waals surface area (Å²) in [5.41, 5.74) is 2.20. The van der Waals surface area contributed by atoms with Crippen molar-refractivity contribution < 1.29 is 14.5 Å². The number of rotatable bonds is 6. The minimum Gasteiger partial charge on any atom is -0.316 e. The van der Waals surface area contributed by atoms with Crippen LogP contribution in [0.25, 0.3) is 0 Å². The molecule has 0 radical (unpaired) electrons. The summed E-state index contributed by atoms with van der Waals surface area (Å²) >= 11 is 0. The second kappa shape index (κ2) is 6.75. The maximum Gasteiger partial charge on any atom is 0.174 e. The van der Waals surface area contributed by atoms with E-state index in [0.717, 1.165) is 25.1 Å². The van der Waals surface area contributed by atoms with Crippen LogP contribution in [0.1, 0.15) is 12.0 Å². The van der Waals surface area contributed by atoms with Gasteiger partial charge >= 0.3 is 0 Å². The van der Waals surface area contributed by atoms with Crippen molar-refractivity contribution in [3.8, 4) is 0 Å². The number of aromatic nitrogens is 2. The largest absolute Gasteiger partial charge is 0.316 e. The minimum atomic E-state index is 0.942. The molecule has 0 saturated carbocycles. The quantitative estimate of drug-likeness (QED) is 0.548. The Morgan fingerprint density at radius 2 is 1.53 bits per heavy atom. The van der Waals surface area contributed by atoms with Crippen LogP contribution in [0.3, 0.4) is 0 Å². The van der Waals surface area contributed by atoms with Crippen LogP contribution < -0.4 is 14.5 Å². The van der Waals surface area contributed by atoms with Crippen LogP contribution in [0.5, 0.6) is 0 Å². The van der Waals surface area contributed by atoms with E-state index in [1.165, 1.54) is 11.9 Å². The van der Waals surface area contributed by atoms with Crippen LogP contribution >= 0.6 is 0 Å². The standard InChI is InChI=1S/C15H19N4/c1-17-15-5-11-19(12-6-15)8-2-7-18-9-3-14(13-16)4-10-18/h3-6,9-13,16H,2,7-8H2,1H3/q+1/p+2. The number of hydrogen-bond donors (Lipinski definition) is 2. The molecule has 2 aromatic rings. The molecule has 2 rings (SSSR count). The van der Waals surface area contributed by atoms with E-state index in [1.807, 2.05) is 31.6 Å². The summed E-state index contributed by atoms with van der Waals surface area (Å²) in [5.74, 6) is 0. The van der Waals surface area contributed by atoms with Crippen molar-refractivity contribution in [1.29, 1.82) is 5.41 Å². The summed E-state index contributed by atoms with van der Waals surface area (Å²) in [6, 6.07) is 8.19. The Morgan fingerprint density at radius 1 is 1.00 bits per heavy atom. The zero-order valence-electron chi connectivity index (χ0n) is 11.3. The molecule has 2 heterocycles. The summed E-state index contributed by atoms with van der Waals surface area (Å²) < 4.78 is 4.36. The minimum absolute atomic E-state index is 0.942. The fourth-order valence-corrected chi connectivity index (χ4v) is 1.96. The first-order valence-electron chi connectivity index (χ1n) is 6.60. The smallest absolute Gasteiger partial charge is 0.174 e. The van der Waals surface area contributed by atoms with Crippen molar-refractivity contribution in [1.82, 2.24) is 0 Å². The van der Waals surface area contributed by atoms with Crippen LogP contribution in [0, 0.1) is 5.41 Å². The highest BCUT2D eigenvalue weighted by atomic mass is 15.0. The van der Waals surface area contributed by atoms with Gasteiger partial charge in [0.1, 0.15) is 5.69 Å². The number of nitrogens with zero attached hydrogens (tertiary/aromatic N) is 2. The van der Waals surface area contributed by atoms with Crippen LogP contribution in [0.4, 0.5) is 5.69 Å². The summed E-state index contributed by atoms with van der Waals surface area (Å²) in [7, 11) is 2.05. The average Bonchev–Trinajstić information content (AvgIpc) is 2.49. The Hall–Kier alpha value is -2.07. The molecule has 0 bridgehead atoms. The Morgan fingerprint density at radius 3 is 2.00 bits per heavy atom. The molecule has 2 aromatic heterocycles. The molecular weight excluding hydrogens is 236 g/mol. The molecule has 98 valence electrons. The molecule has 4 heteroatoms. The lowest BCUT2D eigenvalue weighted by atomic mass is 10.3. The van der Waals surface area contributed by atoms with Crippen molar-refractivity contribution >= 4 is 11.9 Å². The normalized spacial score (nSPS) is 10.4. The zero-order chi connectivity index (χ0) is 13.5. The second-order valence-electron chi connectivity index (χ2n) is 4.53. The number of pyridine rings is 2. The topological polar surface area (TPSA) is 48.2 Å². The molecule has 4 nitrogen and oxygen atoms in total. The maximum absolute atomic E-state index is 7.16. The molecule has 0 amide bonds. The number of hydrogen-bond acceptors (Lipinski definition) is 1. The molecule has 0 spiro atoms. The van der Waals surface area contributed by atoms with Gasteiger partial charge in [0, 0.05) is 23.9 Å². The Bertz CT molecular complexity index is 517. The molecule has 0 aliphatic carbocycles. The van der Waals surface area contributed by atoms with Crippen LogP contribution in [-0.2, 0) is 13.1 Å². The van der Waals surface area contributed by atoms with E-state index < -0.39 is 0 Å². The van der Waals surface area contributed by atoms with Crippen molar-refractivity contribution in [2.24, 2.45) is 0 Å². The summed E-state index contributed by atoms with van der Waals surface area (Å²) in [5, 5.41) is 9.26. The molecule has 0 fully saturated rings. The van der Waals surface area contributed by atoms with Gasteiger partial charge in [0.05, 0.1) is 25.6 Å². The first kappa shape index (κ1) is 13.4. The van der Waals surface area contributed by atoms with E-state index in [-0.39, 0.29) is 0 Å². The lowest BCUT2D eigenvalue weighted by molar-refractivity contribution is -0.727. The van der Waals surface area contributed by atoms with Gasteiger partial charge in [-0.15, -0.1) is 0 Å². The SMILES string of the molecule is C[NH2+]c1cc[n+](CCC[n+]2ccc(C=N)cc2)cc1. The van der Waals surface area contributed by atoms with Crippen molar-refractivity contribution in [3.63, 3.8) is 0 Å². The van der Waals surface area contributed by atoms with Gasteiger partial charge in [0.2, 0.25) is 0 Å². The van der Waals surface area contributed by atoms with E-state index in [9.17, 15) is 0 Å². The van der Waals surface area contributed by atoms with E-state index in [1.54, 1.807) is 0 Å². The lowest BCUT2D eigenvalue weighted by Crippen LogP contribution is -2.72. The third kappa shape index (κ3) is 3.96. The van der Waals surface area contributed by atoms with E-state index in [2.05, 4.69) is 39.0 Å². The summed E-state index contributed by atoms with van der Waals surface area (Å²) in [6.07, 6.45) is 10.8. The lowest BCUT2D eigenvalue weighted by Gasteiger charge is -1.97. The van der Waals surface area contributed by atoms with Gasteiger partial charge < -0.3 is 10.7 Å². The molecular formula is C15H21N4+3.